The zero-order valence-corrected chi connectivity index (χ0v) is 20.2. The summed E-state index contributed by atoms with van der Waals surface area (Å²) in [6.07, 6.45) is 4.93. The Bertz CT molecular complexity index is 1330. The van der Waals surface area contributed by atoms with Crippen LogP contribution in [-0.4, -0.2) is 39.6 Å². The molecule has 0 atom stereocenters. The maximum Gasteiger partial charge on any atom is 0.287 e. The van der Waals surface area contributed by atoms with Crippen molar-refractivity contribution in [3.63, 3.8) is 0 Å². The quantitative estimate of drug-likeness (QED) is 0.199. The monoisotopic (exact) mass is 557 g/mol. The lowest BCUT2D eigenvalue weighted by Crippen LogP contribution is -1.97. The van der Waals surface area contributed by atoms with Crippen molar-refractivity contribution in [3.05, 3.63) is 130 Å². The number of halogens is 1. The molecule has 39 heavy (non-hydrogen) atoms. The molecule has 0 amide bonds. The van der Waals surface area contributed by atoms with Gasteiger partial charge in [-0.1, -0.05) is 11.6 Å². The normalized spacial score (nSPS) is 9.67. The molecule has 0 bridgehead atoms. The molecule has 0 aromatic carbocycles. The van der Waals surface area contributed by atoms with Gasteiger partial charge in [0.15, 0.2) is 0 Å². The van der Waals surface area contributed by atoms with Gasteiger partial charge in [0, 0.05) is 42.1 Å². The van der Waals surface area contributed by atoms with Crippen LogP contribution in [0.2, 0.25) is 5.15 Å². The van der Waals surface area contributed by atoms with E-state index in [4.69, 9.17) is 17.3 Å². The molecule has 17 nitrogen and oxygen atoms in total. The molecule has 200 valence electrons. The van der Waals surface area contributed by atoms with Crippen LogP contribution in [0.4, 0.5) is 28.6 Å². The number of pyridine rings is 4. The minimum atomic E-state index is -0.527. The lowest BCUT2D eigenvalue weighted by atomic mass is 10.2. The van der Waals surface area contributed by atoms with Crippen molar-refractivity contribution >= 4 is 40.2 Å². The number of hydrogen-bond donors (Lipinski definition) is 1. The second-order valence-corrected chi connectivity index (χ2v) is 7.39. The van der Waals surface area contributed by atoms with Crippen molar-refractivity contribution < 1.29 is 19.7 Å². The molecule has 18 heteroatoms. The lowest BCUT2D eigenvalue weighted by molar-refractivity contribution is -0.385. The van der Waals surface area contributed by atoms with Crippen LogP contribution in [0.3, 0.4) is 0 Å². The summed E-state index contributed by atoms with van der Waals surface area (Å²) in [6, 6.07) is 11.1. The first-order valence-corrected chi connectivity index (χ1v) is 10.6. The number of nitro groups is 4. The molecule has 0 fully saturated rings. The molecule has 0 saturated heterocycles. The summed E-state index contributed by atoms with van der Waals surface area (Å²) in [5.74, 6) is 0.283. The second kappa shape index (κ2) is 14.1. The summed E-state index contributed by atoms with van der Waals surface area (Å²) >= 11 is 5.38. The summed E-state index contributed by atoms with van der Waals surface area (Å²) < 4.78 is 0. The van der Waals surface area contributed by atoms with Crippen molar-refractivity contribution in [2.24, 2.45) is 0 Å². The molecule has 0 aliphatic carbocycles. The highest BCUT2D eigenvalue weighted by Crippen LogP contribution is 2.14. The Morgan fingerprint density at radius 1 is 0.564 bits per heavy atom. The first-order valence-electron chi connectivity index (χ1n) is 10.3. The van der Waals surface area contributed by atoms with Crippen LogP contribution in [0.15, 0.2) is 73.3 Å². The fourth-order valence-corrected chi connectivity index (χ4v) is 2.54. The molecule has 0 saturated carbocycles. The standard InChI is InChI=1S/C11H8N4O4.C5H3ClN2O2.C5H5N3O2/c16-14(17)10-3-1-8(12-6-10)5-9-2-4-11(7-13-9)15(18)19;2*6-5-2-1-4(3-7-5)8(9)10/h1-4,6-7H,5H2;1-3H;1-3H,(H2,6,7). The minimum Gasteiger partial charge on any atom is -0.384 e. The first kappa shape index (κ1) is 29.5. The van der Waals surface area contributed by atoms with E-state index in [1.54, 1.807) is 0 Å². The van der Waals surface area contributed by atoms with Crippen molar-refractivity contribution in [2.75, 3.05) is 5.73 Å². The maximum atomic E-state index is 10.5. The Kier molecular flexibility index (Phi) is 10.7. The summed E-state index contributed by atoms with van der Waals surface area (Å²) in [5.41, 5.74) is 6.14. The van der Waals surface area contributed by atoms with Crippen LogP contribution in [0.25, 0.3) is 0 Å². The average molecular weight is 558 g/mol. The van der Waals surface area contributed by atoms with Crippen molar-refractivity contribution in [1.82, 2.24) is 19.9 Å². The molecule has 0 radical (unpaired) electrons. The Morgan fingerprint density at radius 3 is 1.21 bits per heavy atom. The summed E-state index contributed by atoms with van der Waals surface area (Å²) in [4.78, 5) is 53.8. The van der Waals surface area contributed by atoms with E-state index in [1.165, 1.54) is 60.9 Å². The molecule has 0 aliphatic rings. The number of nitrogen functional groups attached to an aromatic ring is 1. The number of hydrogen-bond acceptors (Lipinski definition) is 13. The first-order chi connectivity index (χ1) is 18.5. The van der Waals surface area contributed by atoms with E-state index in [0.29, 0.717) is 17.8 Å². The van der Waals surface area contributed by atoms with Gasteiger partial charge in [0.2, 0.25) is 0 Å². The van der Waals surface area contributed by atoms with E-state index in [2.05, 4.69) is 19.9 Å². The molecule has 4 heterocycles. The average Bonchev–Trinajstić information content (AvgIpc) is 2.90. The summed E-state index contributed by atoms with van der Waals surface area (Å²) in [6.45, 7) is 0. The van der Waals surface area contributed by atoms with Gasteiger partial charge in [-0.25, -0.2) is 9.97 Å². The fourth-order valence-electron chi connectivity index (χ4n) is 2.43. The third-order valence-electron chi connectivity index (χ3n) is 4.31. The third-order valence-corrected chi connectivity index (χ3v) is 4.53. The smallest absolute Gasteiger partial charge is 0.287 e. The van der Waals surface area contributed by atoms with E-state index in [-0.39, 0.29) is 33.7 Å². The van der Waals surface area contributed by atoms with Crippen molar-refractivity contribution in [3.8, 4) is 0 Å². The lowest BCUT2D eigenvalue weighted by Gasteiger charge is -2.00. The zero-order chi connectivity index (χ0) is 28.9. The Hall–Kier alpha value is -5.71. The SMILES string of the molecule is Nc1ccc([N+](=O)[O-])cn1.O=[N+]([O-])c1ccc(Cc2ccc([N+](=O)[O-])cn2)nc1.O=[N+]([O-])c1ccc(Cl)nc1. The highest BCUT2D eigenvalue weighted by molar-refractivity contribution is 6.29. The number of aromatic nitrogens is 4. The zero-order valence-electron chi connectivity index (χ0n) is 19.4. The van der Waals surface area contributed by atoms with Crippen LogP contribution in [-0.2, 0) is 6.42 Å². The molecule has 4 rings (SSSR count). The van der Waals surface area contributed by atoms with Gasteiger partial charge < -0.3 is 5.73 Å². The van der Waals surface area contributed by atoms with Crippen molar-refractivity contribution in [1.29, 1.82) is 0 Å². The molecule has 2 N–H and O–H groups in total. The Morgan fingerprint density at radius 2 is 0.923 bits per heavy atom. The minimum absolute atomic E-state index is 0.0470. The second-order valence-electron chi connectivity index (χ2n) is 7.00. The van der Waals surface area contributed by atoms with E-state index in [9.17, 15) is 40.5 Å². The van der Waals surface area contributed by atoms with Gasteiger partial charge >= 0.3 is 0 Å². The van der Waals surface area contributed by atoms with Crippen LogP contribution in [0.5, 0.6) is 0 Å². The predicted octanol–water partition coefficient (Wildman–Crippen LogP) is 4.10. The molecular weight excluding hydrogens is 542 g/mol. The van der Waals surface area contributed by atoms with E-state index in [1.807, 2.05) is 0 Å². The highest BCUT2D eigenvalue weighted by atomic mass is 35.5. The van der Waals surface area contributed by atoms with Gasteiger partial charge in [-0.2, -0.15) is 0 Å². The Balaban J connectivity index is 0.000000225. The molecule has 0 spiro atoms. The maximum absolute atomic E-state index is 10.5. The molecule has 4 aromatic rings. The Labute approximate surface area is 222 Å². The molecule has 0 aliphatic heterocycles. The number of nitrogens with two attached hydrogens (primary N) is 1. The fraction of sp³-hybridized carbons (Fsp3) is 0.0476. The third kappa shape index (κ3) is 10.1. The number of anilines is 1. The van der Waals surface area contributed by atoms with Gasteiger partial charge in [-0.05, 0) is 24.3 Å². The molecule has 0 unspecified atom stereocenters. The van der Waals surface area contributed by atoms with Gasteiger partial charge in [-0.3, -0.25) is 50.4 Å². The highest BCUT2D eigenvalue weighted by Gasteiger charge is 2.08. The molecule has 4 aromatic heterocycles. The van der Waals surface area contributed by atoms with Crippen LogP contribution >= 0.6 is 11.6 Å². The van der Waals surface area contributed by atoms with Gasteiger partial charge in [-0.15, -0.1) is 0 Å². The molecular formula is C21H16ClN9O8. The van der Waals surface area contributed by atoms with E-state index >= 15 is 0 Å². The van der Waals surface area contributed by atoms with E-state index in [0.717, 1.165) is 12.4 Å². The van der Waals surface area contributed by atoms with Crippen molar-refractivity contribution in [2.45, 2.75) is 6.42 Å². The number of rotatable bonds is 6. The summed E-state index contributed by atoms with van der Waals surface area (Å²) in [5, 5.41) is 41.2. The van der Waals surface area contributed by atoms with E-state index < -0.39 is 19.7 Å². The topological polar surface area (TPSA) is 250 Å². The van der Waals surface area contributed by atoms with Crippen LogP contribution in [0, 0.1) is 40.5 Å². The van der Waals surface area contributed by atoms with Gasteiger partial charge in [0.05, 0.1) is 19.7 Å². The number of nitrogens with zero attached hydrogens (tertiary/aromatic N) is 8. The van der Waals surface area contributed by atoms with Crippen LogP contribution in [0.1, 0.15) is 11.4 Å². The predicted molar refractivity (Wildman–Crippen MR) is 136 cm³/mol. The van der Waals surface area contributed by atoms with Crippen LogP contribution < -0.4 is 5.73 Å². The summed E-state index contributed by atoms with van der Waals surface area (Å²) in [7, 11) is 0. The van der Waals surface area contributed by atoms with Gasteiger partial charge in [0.25, 0.3) is 22.7 Å². The largest absolute Gasteiger partial charge is 0.384 e. The van der Waals surface area contributed by atoms with Gasteiger partial charge in [0.1, 0.15) is 35.8 Å².